The molecule has 3 rings (SSSR count). The molecule has 2 aromatic carbocycles. The van der Waals surface area contributed by atoms with Crippen molar-refractivity contribution in [1.82, 2.24) is 5.32 Å². The summed E-state index contributed by atoms with van der Waals surface area (Å²) >= 11 is 0. The van der Waals surface area contributed by atoms with Gasteiger partial charge in [-0.05, 0) is 49.1 Å². The molecule has 0 radical (unpaired) electrons. The number of benzene rings is 2. The van der Waals surface area contributed by atoms with Crippen LogP contribution in [0.25, 0.3) is 0 Å². The van der Waals surface area contributed by atoms with Crippen LogP contribution in [0.4, 0.5) is 0 Å². The highest BCUT2D eigenvalue weighted by Crippen LogP contribution is 2.25. The first-order valence-corrected chi connectivity index (χ1v) is 9.30. The standard InChI is InChI=1S/C18H19NO3S/c1-13-4-6-14(7-5-13)12-19-18(20)16-8-9-17-15(11-16)3-2-10-23(17,21)22/h4-9,11H,2-3,10,12H2,1H3,(H,19,20). The Morgan fingerprint density at radius 1 is 1.13 bits per heavy atom. The summed E-state index contributed by atoms with van der Waals surface area (Å²) in [6.45, 7) is 2.47. The van der Waals surface area contributed by atoms with Crippen LogP contribution in [0, 0.1) is 6.92 Å². The monoisotopic (exact) mass is 329 g/mol. The first-order valence-electron chi connectivity index (χ1n) is 7.65. The molecule has 1 amide bonds. The maximum Gasteiger partial charge on any atom is 0.251 e. The van der Waals surface area contributed by atoms with Gasteiger partial charge < -0.3 is 5.32 Å². The molecule has 120 valence electrons. The van der Waals surface area contributed by atoms with Crippen LogP contribution >= 0.6 is 0 Å². The Balaban J connectivity index is 1.74. The maximum absolute atomic E-state index is 12.3. The maximum atomic E-state index is 12.3. The molecule has 1 heterocycles. The molecule has 0 aliphatic carbocycles. The molecule has 0 saturated carbocycles. The zero-order chi connectivity index (χ0) is 16.4. The van der Waals surface area contributed by atoms with E-state index in [4.69, 9.17) is 0 Å². The Labute approximate surface area is 136 Å². The second kappa shape index (κ2) is 6.16. The minimum atomic E-state index is -3.18. The fraction of sp³-hybridized carbons (Fsp3) is 0.278. The van der Waals surface area contributed by atoms with Gasteiger partial charge in [0.2, 0.25) is 0 Å². The van der Waals surface area contributed by atoms with E-state index in [-0.39, 0.29) is 11.7 Å². The lowest BCUT2D eigenvalue weighted by atomic mass is 10.1. The van der Waals surface area contributed by atoms with E-state index in [0.717, 1.165) is 11.1 Å². The lowest BCUT2D eigenvalue weighted by Gasteiger charge is -2.17. The summed E-state index contributed by atoms with van der Waals surface area (Å²) in [7, 11) is -3.18. The van der Waals surface area contributed by atoms with E-state index < -0.39 is 9.84 Å². The summed E-state index contributed by atoms with van der Waals surface area (Å²) in [6.07, 6.45) is 1.32. The van der Waals surface area contributed by atoms with E-state index in [9.17, 15) is 13.2 Å². The second-order valence-electron chi connectivity index (χ2n) is 5.91. The molecule has 0 fully saturated rings. The summed E-state index contributed by atoms with van der Waals surface area (Å²) in [5, 5.41) is 2.87. The van der Waals surface area contributed by atoms with Crippen molar-refractivity contribution in [3.63, 3.8) is 0 Å². The summed E-state index contributed by atoms with van der Waals surface area (Å²) in [4.78, 5) is 12.6. The zero-order valence-electron chi connectivity index (χ0n) is 13.0. The average molecular weight is 329 g/mol. The van der Waals surface area contributed by atoms with Crippen molar-refractivity contribution in [2.24, 2.45) is 0 Å². The SMILES string of the molecule is Cc1ccc(CNC(=O)c2ccc3c(c2)CCCS3(=O)=O)cc1. The lowest BCUT2D eigenvalue weighted by Crippen LogP contribution is -2.24. The first-order chi connectivity index (χ1) is 11.0. The van der Waals surface area contributed by atoms with Gasteiger partial charge in [-0.15, -0.1) is 0 Å². The highest BCUT2D eigenvalue weighted by atomic mass is 32.2. The van der Waals surface area contributed by atoms with Gasteiger partial charge in [0.1, 0.15) is 0 Å². The average Bonchev–Trinajstić information content (AvgIpc) is 2.53. The van der Waals surface area contributed by atoms with Gasteiger partial charge in [-0.25, -0.2) is 8.42 Å². The largest absolute Gasteiger partial charge is 0.348 e. The molecule has 0 unspecified atom stereocenters. The summed E-state index contributed by atoms with van der Waals surface area (Å²) in [5.74, 6) is 0.00948. The van der Waals surface area contributed by atoms with E-state index in [0.29, 0.717) is 29.8 Å². The molecule has 0 atom stereocenters. The predicted octanol–water partition coefficient (Wildman–Crippen LogP) is 2.64. The van der Waals surface area contributed by atoms with Gasteiger partial charge in [0, 0.05) is 12.1 Å². The summed E-state index contributed by atoms with van der Waals surface area (Å²) < 4.78 is 24.0. The third-order valence-electron chi connectivity index (χ3n) is 4.09. The van der Waals surface area contributed by atoms with Crippen LogP contribution in [0.15, 0.2) is 47.4 Å². The highest BCUT2D eigenvalue weighted by Gasteiger charge is 2.24. The minimum absolute atomic E-state index is 0.184. The van der Waals surface area contributed by atoms with E-state index >= 15 is 0 Å². The second-order valence-corrected chi connectivity index (χ2v) is 7.99. The minimum Gasteiger partial charge on any atom is -0.348 e. The zero-order valence-corrected chi connectivity index (χ0v) is 13.8. The summed E-state index contributed by atoms with van der Waals surface area (Å²) in [5.41, 5.74) is 3.47. The molecule has 1 N–H and O–H groups in total. The van der Waals surface area contributed by atoms with Crippen molar-refractivity contribution in [3.8, 4) is 0 Å². The normalized spacial score (nSPS) is 15.7. The molecular formula is C18H19NO3S. The number of fused-ring (bicyclic) bond motifs is 1. The number of hydrogen-bond donors (Lipinski definition) is 1. The number of carbonyl (C=O) groups excluding carboxylic acids is 1. The predicted molar refractivity (Wildman–Crippen MR) is 89.2 cm³/mol. The molecule has 23 heavy (non-hydrogen) atoms. The van der Waals surface area contributed by atoms with Crippen molar-refractivity contribution in [2.45, 2.75) is 31.2 Å². The molecule has 5 heteroatoms. The molecular weight excluding hydrogens is 310 g/mol. The van der Waals surface area contributed by atoms with Crippen LogP contribution < -0.4 is 5.32 Å². The first kappa shape index (κ1) is 15.7. The Morgan fingerprint density at radius 2 is 1.87 bits per heavy atom. The molecule has 0 bridgehead atoms. The number of sulfone groups is 1. The van der Waals surface area contributed by atoms with Crippen molar-refractivity contribution in [3.05, 3.63) is 64.7 Å². The van der Waals surface area contributed by atoms with Crippen molar-refractivity contribution >= 4 is 15.7 Å². The number of rotatable bonds is 3. The highest BCUT2D eigenvalue weighted by molar-refractivity contribution is 7.91. The van der Waals surface area contributed by atoms with E-state index in [1.807, 2.05) is 31.2 Å². The van der Waals surface area contributed by atoms with Crippen LogP contribution in [0.2, 0.25) is 0 Å². The fourth-order valence-corrected chi connectivity index (χ4v) is 4.35. The number of hydrogen-bond acceptors (Lipinski definition) is 3. The van der Waals surface area contributed by atoms with Crippen molar-refractivity contribution < 1.29 is 13.2 Å². The molecule has 0 spiro atoms. The Morgan fingerprint density at radius 3 is 2.61 bits per heavy atom. The van der Waals surface area contributed by atoms with Crippen LogP contribution in [0.3, 0.4) is 0 Å². The topological polar surface area (TPSA) is 63.2 Å². The third-order valence-corrected chi connectivity index (χ3v) is 5.99. The fourth-order valence-electron chi connectivity index (χ4n) is 2.77. The van der Waals surface area contributed by atoms with Crippen molar-refractivity contribution in [2.75, 3.05) is 5.75 Å². The lowest BCUT2D eigenvalue weighted by molar-refractivity contribution is 0.0950. The number of nitrogens with one attached hydrogen (secondary N) is 1. The molecule has 0 aromatic heterocycles. The Kier molecular flexibility index (Phi) is 4.22. The quantitative estimate of drug-likeness (QED) is 0.941. The van der Waals surface area contributed by atoms with E-state index in [2.05, 4.69) is 5.32 Å². The van der Waals surface area contributed by atoms with E-state index in [1.165, 1.54) is 5.56 Å². The van der Waals surface area contributed by atoms with Gasteiger partial charge in [-0.2, -0.15) is 0 Å². The van der Waals surface area contributed by atoms with Crippen LogP contribution in [0.5, 0.6) is 0 Å². The molecule has 0 saturated heterocycles. The molecule has 4 nitrogen and oxygen atoms in total. The van der Waals surface area contributed by atoms with Gasteiger partial charge in [0.05, 0.1) is 10.6 Å². The van der Waals surface area contributed by atoms with Gasteiger partial charge in [-0.1, -0.05) is 29.8 Å². The van der Waals surface area contributed by atoms with Crippen LogP contribution in [0.1, 0.15) is 33.5 Å². The molecule has 2 aromatic rings. The van der Waals surface area contributed by atoms with Gasteiger partial charge >= 0.3 is 0 Å². The van der Waals surface area contributed by atoms with Crippen molar-refractivity contribution in [1.29, 1.82) is 0 Å². The number of amides is 1. The van der Waals surface area contributed by atoms with Gasteiger partial charge in [0.25, 0.3) is 5.91 Å². The summed E-state index contributed by atoms with van der Waals surface area (Å²) in [6, 6.07) is 12.8. The number of aryl methyl sites for hydroxylation is 2. The Hall–Kier alpha value is -2.14. The smallest absolute Gasteiger partial charge is 0.251 e. The van der Waals surface area contributed by atoms with Gasteiger partial charge in [-0.3, -0.25) is 4.79 Å². The third kappa shape index (κ3) is 3.45. The Bertz CT molecular complexity index is 839. The molecule has 1 aliphatic heterocycles. The van der Waals surface area contributed by atoms with Crippen LogP contribution in [-0.4, -0.2) is 20.1 Å². The van der Waals surface area contributed by atoms with Gasteiger partial charge in [0.15, 0.2) is 9.84 Å². The number of carbonyl (C=O) groups is 1. The van der Waals surface area contributed by atoms with Crippen LogP contribution in [-0.2, 0) is 22.8 Å². The van der Waals surface area contributed by atoms with E-state index in [1.54, 1.807) is 18.2 Å². The molecule has 1 aliphatic rings.